The van der Waals surface area contributed by atoms with Crippen LogP contribution in [0.2, 0.25) is 0 Å². The molecule has 0 spiro atoms. The Morgan fingerprint density at radius 2 is 1.90 bits per heavy atom. The molecule has 0 aromatic carbocycles. The fourth-order valence-corrected chi connectivity index (χ4v) is 2.95. The molecule has 0 saturated carbocycles. The normalized spacial score (nSPS) is 29.9. The van der Waals surface area contributed by atoms with Gasteiger partial charge in [0, 0.05) is 24.9 Å². The number of ketones is 1. The zero-order valence-corrected chi connectivity index (χ0v) is 12.1. The van der Waals surface area contributed by atoms with Crippen LogP contribution in [0.25, 0.3) is 0 Å². The van der Waals surface area contributed by atoms with Crippen LogP contribution in [0, 0.1) is 0 Å². The third-order valence-electron chi connectivity index (χ3n) is 3.79. The molecule has 2 aliphatic rings. The number of hydrogen-bond acceptors (Lipinski definition) is 3. The van der Waals surface area contributed by atoms with E-state index in [0.717, 1.165) is 6.42 Å². The molecule has 2 heterocycles. The fraction of sp³-hybridized carbons (Fsp3) is 0.857. The van der Waals surface area contributed by atoms with Crippen LogP contribution >= 0.6 is 0 Å². The number of halogens is 2. The molecule has 0 aliphatic carbocycles. The molecule has 0 radical (unpaired) electrons. The summed E-state index contributed by atoms with van der Waals surface area (Å²) in [6.07, 6.45) is 0.399. The molecule has 2 unspecified atom stereocenters. The minimum atomic E-state index is -3.33. The van der Waals surface area contributed by atoms with E-state index < -0.39 is 41.9 Å². The summed E-state index contributed by atoms with van der Waals surface area (Å²) in [4.78, 5) is 25.2. The SMILES string of the molecule is CC(C)(C)OC(=O)N1C2CCCC1CC(F)(F)C(=O)C2. The summed E-state index contributed by atoms with van der Waals surface area (Å²) in [5.74, 6) is -4.38. The van der Waals surface area contributed by atoms with Gasteiger partial charge in [-0.15, -0.1) is 0 Å². The summed E-state index contributed by atoms with van der Waals surface area (Å²) < 4.78 is 32.8. The van der Waals surface area contributed by atoms with Crippen molar-refractivity contribution >= 4 is 11.9 Å². The van der Waals surface area contributed by atoms with Crippen molar-refractivity contribution in [1.29, 1.82) is 0 Å². The van der Waals surface area contributed by atoms with Crippen molar-refractivity contribution in [2.24, 2.45) is 0 Å². The standard InChI is InChI=1S/C14H21F2NO3/c1-13(2,3)20-12(19)17-9-5-4-6-10(17)8-14(15,16)11(18)7-9/h9-10H,4-8H2,1-3H3. The number of carbonyl (C=O) groups is 2. The molecule has 4 nitrogen and oxygen atoms in total. The van der Waals surface area contributed by atoms with Crippen molar-refractivity contribution in [2.45, 2.75) is 76.5 Å². The van der Waals surface area contributed by atoms with Gasteiger partial charge in [0.25, 0.3) is 0 Å². The summed E-state index contributed by atoms with van der Waals surface area (Å²) in [6, 6.07) is -1.06. The third-order valence-corrected chi connectivity index (χ3v) is 3.79. The molecule has 2 aliphatic heterocycles. The van der Waals surface area contributed by atoms with Crippen LogP contribution in [-0.4, -0.2) is 40.4 Å². The van der Waals surface area contributed by atoms with Crippen molar-refractivity contribution in [1.82, 2.24) is 4.90 Å². The van der Waals surface area contributed by atoms with Gasteiger partial charge < -0.3 is 9.64 Å². The number of ether oxygens (including phenoxy) is 1. The number of alkyl halides is 2. The number of fused-ring (bicyclic) bond motifs is 2. The quantitative estimate of drug-likeness (QED) is 0.688. The van der Waals surface area contributed by atoms with E-state index in [4.69, 9.17) is 4.74 Å². The number of nitrogens with zero attached hydrogens (tertiary/aromatic N) is 1. The lowest BCUT2D eigenvalue weighted by atomic mass is 9.95. The van der Waals surface area contributed by atoms with E-state index in [9.17, 15) is 18.4 Å². The van der Waals surface area contributed by atoms with E-state index in [1.54, 1.807) is 20.8 Å². The van der Waals surface area contributed by atoms with Crippen molar-refractivity contribution in [3.63, 3.8) is 0 Å². The summed E-state index contributed by atoms with van der Waals surface area (Å²) in [7, 11) is 0. The second-order valence-electron chi connectivity index (χ2n) is 6.66. The average molecular weight is 289 g/mol. The molecular formula is C14H21F2NO3. The van der Waals surface area contributed by atoms with Crippen molar-refractivity contribution in [2.75, 3.05) is 0 Å². The largest absolute Gasteiger partial charge is 0.444 e. The Labute approximate surface area is 117 Å². The van der Waals surface area contributed by atoms with Crippen LogP contribution in [0.4, 0.5) is 13.6 Å². The summed E-state index contributed by atoms with van der Waals surface area (Å²) in [5, 5.41) is 0. The van der Waals surface area contributed by atoms with Crippen LogP contribution in [0.1, 0.15) is 52.9 Å². The molecule has 6 heteroatoms. The second kappa shape index (κ2) is 4.97. The highest BCUT2D eigenvalue weighted by Gasteiger charge is 2.50. The first-order chi connectivity index (χ1) is 9.10. The van der Waals surface area contributed by atoms with Gasteiger partial charge in [0.1, 0.15) is 5.60 Å². The van der Waals surface area contributed by atoms with E-state index in [-0.39, 0.29) is 6.42 Å². The predicted molar refractivity (Wildman–Crippen MR) is 68.7 cm³/mol. The van der Waals surface area contributed by atoms with E-state index in [1.165, 1.54) is 4.90 Å². The summed E-state index contributed by atoms with van der Waals surface area (Å²) in [5.41, 5.74) is -0.676. The van der Waals surface area contributed by atoms with Crippen LogP contribution < -0.4 is 0 Å². The molecule has 2 atom stereocenters. The van der Waals surface area contributed by atoms with Gasteiger partial charge in [-0.2, -0.15) is 8.78 Å². The molecule has 0 aromatic heterocycles. The lowest BCUT2D eigenvalue weighted by Gasteiger charge is -2.40. The number of piperidine rings is 1. The van der Waals surface area contributed by atoms with Gasteiger partial charge in [-0.25, -0.2) is 4.79 Å². The number of Topliss-reactive ketones (excluding diaryl/α,β-unsaturated/α-hetero) is 1. The monoisotopic (exact) mass is 289 g/mol. The fourth-order valence-electron chi connectivity index (χ4n) is 2.95. The summed E-state index contributed by atoms with van der Waals surface area (Å²) in [6.45, 7) is 5.20. The van der Waals surface area contributed by atoms with Crippen molar-refractivity contribution in [3.05, 3.63) is 0 Å². The van der Waals surface area contributed by atoms with Gasteiger partial charge in [0.2, 0.25) is 5.78 Å². The van der Waals surface area contributed by atoms with Crippen LogP contribution in [0.15, 0.2) is 0 Å². The topological polar surface area (TPSA) is 46.6 Å². The van der Waals surface area contributed by atoms with Gasteiger partial charge in [-0.05, 0) is 40.0 Å². The third kappa shape index (κ3) is 3.10. The Balaban J connectivity index is 2.24. The van der Waals surface area contributed by atoms with E-state index >= 15 is 0 Å². The first-order valence-electron chi connectivity index (χ1n) is 7.02. The van der Waals surface area contributed by atoms with Gasteiger partial charge in [-0.1, -0.05) is 0 Å². The van der Waals surface area contributed by atoms with Gasteiger partial charge in [0.15, 0.2) is 0 Å². The predicted octanol–water partition coefficient (Wildman–Crippen LogP) is 3.14. The maximum absolute atomic E-state index is 13.7. The Hall–Kier alpha value is -1.20. The van der Waals surface area contributed by atoms with Crippen molar-refractivity contribution in [3.8, 4) is 0 Å². The molecule has 2 bridgehead atoms. The van der Waals surface area contributed by atoms with Crippen LogP contribution in [-0.2, 0) is 9.53 Å². The molecule has 20 heavy (non-hydrogen) atoms. The molecule has 2 rings (SSSR count). The smallest absolute Gasteiger partial charge is 0.410 e. The number of hydrogen-bond donors (Lipinski definition) is 0. The Morgan fingerprint density at radius 1 is 1.30 bits per heavy atom. The highest BCUT2D eigenvalue weighted by atomic mass is 19.3. The molecular weight excluding hydrogens is 268 g/mol. The molecule has 114 valence electrons. The average Bonchev–Trinajstić information content (AvgIpc) is 2.29. The first-order valence-corrected chi connectivity index (χ1v) is 7.02. The number of amides is 1. The molecule has 0 aromatic rings. The van der Waals surface area contributed by atoms with E-state index in [1.807, 2.05) is 0 Å². The zero-order valence-electron chi connectivity index (χ0n) is 12.1. The Kier molecular flexibility index (Phi) is 3.77. The molecule has 2 saturated heterocycles. The molecule has 0 N–H and O–H groups in total. The Bertz CT molecular complexity index is 417. The van der Waals surface area contributed by atoms with Gasteiger partial charge in [0.05, 0.1) is 0 Å². The van der Waals surface area contributed by atoms with E-state index in [2.05, 4.69) is 0 Å². The Morgan fingerprint density at radius 3 is 2.50 bits per heavy atom. The lowest BCUT2D eigenvalue weighted by molar-refractivity contribution is -0.143. The van der Waals surface area contributed by atoms with Gasteiger partial charge >= 0.3 is 12.0 Å². The van der Waals surface area contributed by atoms with Crippen LogP contribution in [0.3, 0.4) is 0 Å². The maximum atomic E-state index is 13.7. The van der Waals surface area contributed by atoms with E-state index in [0.29, 0.717) is 12.8 Å². The zero-order chi connectivity index (χ0) is 15.1. The molecule has 2 fully saturated rings. The number of carbonyl (C=O) groups excluding carboxylic acids is 2. The van der Waals surface area contributed by atoms with Gasteiger partial charge in [-0.3, -0.25) is 4.79 Å². The minimum absolute atomic E-state index is 0.275. The number of rotatable bonds is 0. The van der Waals surface area contributed by atoms with Crippen molar-refractivity contribution < 1.29 is 23.1 Å². The lowest BCUT2D eigenvalue weighted by Crippen LogP contribution is -2.51. The second-order valence-corrected chi connectivity index (χ2v) is 6.66. The summed E-state index contributed by atoms with van der Waals surface area (Å²) >= 11 is 0. The maximum Gasteiger partial charge on any atom is 0.410 e. The molecule has 1 amide bonds. The highest BCUT2D eigenvalue weighted by molar-refractivity contribution is 5.87. The minimum Gasteiger partial charge on any atom is -0.444 e. The first kappa shape index (κ1) is 15.2. The van der Waals surface area contributed by atoms with Crippen LogP contribution in [0.5, 0.6) is 0 Å². The highest BCUT2D eigenvalue weighted by Crippen LogP contribution is 2.38.